The van der Waals surface area contributed by atoms with Crippen molar-refractivity contribution in [2.24, 2.45) is 0 Å². The Morgan fingerprint density at radius 3 is 2.67 bits per heavy atom. The second-order valence-corrected chi connectivity index (χ2v) is 7.11. The van der Waals surface area contributed by atoms with Crippen molar-refractivity contribution >= 4 is 11.6 Å². The minimum atomic E-state index is -0.372. The Morgan fingerprint density at radius 1 is 1.15 bits per heavy atom. The van der Waals surface area contributed by atoms with E-state index in [1.807, 2.05) is 44.2 Å². The van der Waals surface area contributed by atoms with Gasteiger partial charge in [0.25, 0.3) is 5.91 Å². The molecule has 0 fully saturated rings. The molecule has 2 aromatic rings. The maximum Gasteiger partial charge on any atom is 0.263 e. The first kappa shape index (κ1) is 18.7. The summed E-state index contributed by atoms with van der Waals surface area (Å²) in [6.07, 6.45) is 6.19. The summed E-state index contributed by atoms with van der Waals surface area (Å²) < 4.78 is 0. The largest absolute Gasteiger partial charge is 0.360 e. The number of anilines is 1. The van der Waals surface area contributed by atoms with E-state index in [2.05, 4.69) is 28.8 Å². The summed E-state index contributed by atoms with van der Waals surface area (Å²) in [6.45, 7) is 3.94. The van der Waals surface area contributed by atoms with Gasteiger partial charge in [0.15, 0.2) is 0 Å². The number of aryl methyl sites for hydroxylation is 3. The van der Waals surface area contributed by atoms with Gasteiger partial charge in [0, 0.05) is 11.9 Å². The Kier molecular flexibility index (Phi) is 5.93. The van der Waals surface area contributed by atoms with E-state index in [-0.39, 0.29) is 17.5 Å². The molecule has 2 aromatic carbocycles. The Labute approximate surface area is 160 Å². The molecule has 1 unspecified atom stereocenters. The predicted molar refractivity (Wildman–Crippen MR) is 108 cm³/mol. The second kappa shape index (κ2) is 8.55. The zero-order chi connectivity index (χ0) is 19.2. The molecule has 0 radical (unpaired) electrons. The number of nitrogens with zero attached hydrogens (tertiary/aromatic N) is 1. The van der Waals surface area contributed by atoms with Crippen molar-refractivity contribution in [2.45, 2.75) is 45.6 Å². The SMILES string of the molecule is Cc1cccc(N/C=C(/C#N)C(=O)NC(C)c2ccc3c(c2)CCCC3)c1. The van der Waals surface area contributed by atoms with Gasteiger partial charge in [-0.05, 0) is 73.9 Å². The Bertz CT molecular complexity index is 908. The molecule has 1 aliphatic rings. The standard InChI is InChI=1S/C23H25N3O/c1-16-6-5-9-22(12-16)25-15-21(14-24)23(27)26-17(2)19-11-10-18-7-3-4-8-20(18)13-19/h5-6,9-13,15,17,25H,3-4,7-8H2,1-2H3,(H,26,27)/b21-15-. The van der Waals surface area contributed by atoms with Gasteiger partial charge in [-0.2, -0.15) is 5.26 Å². The summed E-state index contributed by atoms with van der Waals surface area (Å²) in [4.78, 5) is 12.5. The number of carbonyl (C=O) groups is 1. The molecule has 1 aliphatic carbocycles. The van der Waals surface area contributed by atoms with Crippen LogP contribution in [0.1, 0.15) is 48.1 Å². The van der Waals surface area contributed by atoms with Crippen molar-refractivity contribution in [2.75, 3.05) is 5.32 Å². The van der Waals surface area contributed by atoms with Crippen molar-refractivity contribution < 1.29 is 4.79 Å². The Morgan fingerprint density at radius 2 is 1.93 bits per heavy atom. The topological polar surface area (TPSA) is 64.9 Å². The summed E-state index contributed by atoms with van der Waals surface area (Å²) in [5.74, 6) is -0.372. The van der Waals surface area contributed by atoms with Crippen LogP contribution in [0.2, 0.25) is 0 Å². The number of hydrogen-bond donors (Lipinski definition) is 2. The van der Waals surface area contributed by atoms with Crippen molar-refractivity contribution in [1.29, 1.82) is 5.26 Å². The highest BCUT2D eigenvalue weighted by Crippen LogP contribution is 2.25. The van der Waals surface area contributed by atoms with E-state index >= 15 is 0 Å². The fourth-order valence-electron chi connectivity index (χ4n) is 3.42. The zero-order valence-corrected chi connectivity index (χ0v) is 15.9. The molecule has 0 spiro atoms. The van der Waals surface area contributed by atoms with Gasteiger partial charge in [0.2, 0.25) is 0 Å². The third-order valence-electron chi connectivity index (χ3n) is 4.99. The summed E-state index contributed by atoms with van der Waals surface area (Å²) in [6, 6.07) is 16.0. The minimum Gasteiger partial charge on any atom is -0.360 e. The summed E-state index contributed by atoms with van der Waals surface area (Å²) >= 11 is 0. The van der Waals surface area contributed by atoms with E-state index in [1.165, 1.54) is 30.2 Å². The lowest BCUT2D eigenvalue weighted by molar-refractivity contribution is -0.117. The van der Waals surface area contributed by atoms with Crippen LogP contribution >= 0.6 is 0 Å². The van der Waals surface area contributed by atoms with Crippen molar-refractivity contribution in [1.82, 2.24) is 5.32 Å². The zero-order valence-electron chi connectivity index (χ0n) is 15.9. The summed E-state index contributed by atoms with van der Waals surface area (Å²) in [5.41, 5.74) is 5.89. The monoisotopic (exact) mass is 359 g/mol. The molecule has 2 N–H and O–H groups in total. The van der Waals surface area contributed by atoms with Gasteiger partial charge in [-0.25, -0.2) is 0 Å². The number of nitriles is 1. The van der Waals surface area contributed by atoms with E-state index in [4.69, 9.17) is 0 Å². The quantitative estimate of drug-likeness (QED) is 0.607. The fourth-order valence-corrected chi connectivity index (χ4v) is 3.42. The number of nitrogens with one attached hydrogen (secondary N) is 2. The number of carbonyl (C=O) groups excluding carboxylic acids is 1. The fraction of sp³-hybridized carbons (Fsp3) is 0.304. The average Bonchev–Trinajstić information content (AvgIpc) is 2.68. The molecule has 138 valence electrons. The lowest BCUT2D eigenvalue weighted by Crippen LogP contribution is -2.28. The van der Waals surface area contributed by atoms with Crippen LogP contribution in [-0.2, 0) is 17.6 Å². The van der Waals surface area contributed by atoms with Crippen LogP contribution in [0.3, 0.4) is 0 Å². The van der Waals surface area contributed by atoms with E-state index in [1.54, 1.807) is 0 Å². The van der Waals surface area contributed by atoms with Crippen LogP contribution in [0.15, 0.2) is 54.2 Å². The lowest BCUT2D eigenvalue weighted by Gasteiger charge is -2.20. The molecule has 1 amide bonds. The van der Waals surface area contributed by atoms with E-state index in [0.717, 1.165) is 29.7 Å². The van der Waals surface area contributed by atoms with Crippen LogP contribution in [0, 0.1) is 18.3 Å². The van der Waals surface area contributed by atoms with Crippen molar-refractivity contribution in [3.8, 4) is 6.07 Å². The van der Waals surface area contributed by atoms with Crippen molar-refractivity contribution in [3.63, 3.8) is 0 Å². The molecule has 1 atom stereocenters. The molecule has 0 aromatic heterocycles. The normalized spacial score (nSPS) is 14.6. The molecule has 4 heteroatoms. The van der Waals surface area contributed by atoms with Gasteiger partial charge in [-0.3, -0.25) is 4.79 Å². The van der Waals surface area contributed by atoms with Gasteiger partial charge in [0.05, 0.1) is 6.04 Å². The van der Waals surface area contributed by atoms with Gasteiger partial charge in [-0.15, -0.1) is 0 Å². The molecule has 0 bridgehead atoms. The van der Waals surface area contributed by atoms with E-state index in [9.17, 15) is 10.1 Å². The number of hydrogen-bond acceptors (Lipinski definition) is 3. The molecule has 0 saturated heterocycles. The predicted octanol–water partition coefficient (Wildman–Crippen LogP) is 4.57. The first-order valence-corrected chi connectivity index (χ1v) is 9.43. The Balaban J connectivity index is 1.67. The van der Waals surface area contributed by atoms with Gasteiger partial charge < -0.3 is 10.6 Å². The highest BCUT2D eigenvalue weighted by molar-refractivity contribution is 5.97. The van der Waals surface area contributed by atoms with Gasteiger partial charge in [-0.1, -0.05) is 30.3 Å². The van der Waals surface area contributed by atoms with Crippen LogP contribution in [0.4, 0.5) is 5.69 Å². The Hall–Kier alpha value is -3.06. The molecule has 3 rings (SSSR count). The van der Waals surface area contributed by atoms with Crippen molar-refractivity contribution in [3.05, 3.63) is 76.5 Å². The molecule has 27 heavy (non-hydrogen) atoms. The van der Waals surface area contributed by atoms with E-state index < -0.39 is 0 Å². The maximum atomic E-state index is 12.5. The third-order valence-corrected chi connectivity index (χ3v) is 4.99. The summed E-state index contributed by atoms with van der Waals surface area (Å²) in [7, 11) is 0. The van der Waals surface area contributed by atoms with Gasteiger partial charge in [0.1, 0.15) is 11.6 Å². The lowest BCUT2D eigenvalue weighted by atomic mass is 9.89. The van der Waals surface area contributed by atoms with Gasteiger partial charge >= 0.3 is 0 Å². The smallest absolute Gasteiger partial charge is 0.263 e. The molecule has 4 nitrogen and oxygen atoms in total. The van der Waals surface area contributed by atoms with Crippen LogP contribution in [0.5, 0.6) is 0 Å². The molecule has 0 saturated carbocycles. The highest BCUT2D eigenvalue weighted by Gasteiger charge is 2.16. The number of benzene rings is 2. The van der Waals surface area contributed by atoms with Crippen LogP contribution in [0.25, 0.3) is 0 Å². The number of amides is 1. The van der Waals surface area contributed by atoms with Crippen LogP contribution in [-0.4, -0.2) is 5.91 Å². The second-order valence-electron chi connectivity index (χ2n) is 7.11. The molecular weight excluding hydrogens is 334 g/mol. The molecule has 0 heterocycles. The average molecular weight is 359 g/mol. The third kappa shape index (κ3) is 4.77. The highest BCUT2D eigenvalue weighted by atomic mass is 16.1. The minimum absolute atomic E-state index is 0.0568. The van der Waals surface area contributed by atoms with Crippen LogP contribution < -0.4 is 10.6 Å². The molecular formula is C23H25N3O. The first-order chi connectivity index (χ1) is 13.1. The maximum absolute atomic E-state index is 12.5. The number of rotatable bonds is 5. The van der Waals surface area contributed by atoms with E-state index in [0.29, 0.717) is 0 Å². The number of fused-ring (bicyclic) bond motifs is 1. The first-order valence-electron chi connectivity index (χ1n) is 9.43. The summed E-state index contributed by atoms with van der Waals surface area (Å²) in [5, 5.41) is 15.3. The molecule has 0 aliphatic heterocycles.